The lowest BCUT2D eigenvalue weighted by atomic mass is 9.51. The van der Waals surface area contributed by atoms with Gasteiger partial charge >= 0.3 is 0 Å². The van der Waals surface area contributed by atoms with E-state index in [9.17, 15) is 5.11 Å². The molecule has 1 saturated carbocycles. The number of aliphatic hydroxyl groups is 1. The first-order valence-corrected chi connectivity index (χ1v) is 8.70. The van der Waals surface area contributed by atoms with Gasteiger partial charge in [-0.2, -0.15) is 0 Å². The summed E-state index contributed by atoms with van der Waals surface area (Å²) in [7, 11) is 0. The van der Waals surface area contributed by atoms with Gasteiger partial charge in [0.1, 0.15) is 0 Å². The maximum absolute atomic E-state index is 10.9. The second-order valence-corrected chi connectivity index (χ2v) is 9.45. The fourth-order valence-corrected chi connectivity index (χ4v) is 5.08. The lowest BCUT2D eigenvalue weighted by Gasteiger charge is -2.58. The van der Waals surface area contributed by atoms with E-state index in [0.29, 0.717) is 6.42 Å². The summed E-state index contributed by atoms with van der Waals surface area (Å²) in [4.78, 5) is -0.208. The molecule has 1 nitrogen and oxygen atoms in total. The fraction of sp³-hybridized carbons (Fsp3) is 0.733. The predicted molar refractivity (Wildman–Crippen MR) is 89.2 cm³/mol. The lowest BCUT2D eigenvalue weighted by molar-refractivity contribution is -0.0528. The summed E-state index contributed by atoms with van der Waals surface area (Å²) < 4.78 is 1.14. The second-order valence-electron chi connectivity index (χ2n) is 6.63. The van der Waals surface area contributed by atoms with Crippen molar-refractivity contribution in [2.24, 2.45) is 10.8 Å². The Morgan fingerprint density at radius 1 is 1.26 bits per heavy atom. The molecule has 2 rings (SSSR count). The highest BCUT2D eigenvalue weighted by molar-refractivity contribution is 9.11. The average molecular weight is 413 g/mol. The van der Waals surface area contributed by atoms with Crippen molar-refractivity contribution in [2.45, 2.75) is 56.3 Å². The molecule has 19 heavy (non-hydrogen) atoms. The van der Waals surface area contributed by atoms with Crippen LogP contribution in [0.2, 0.25) is 0 Å². The summed E-state index contributed by atoms with van der Waals surface area (Å²) in [6.07, 6.45) is 5.22. The van der Waals surface area contributed by atoms with Crippen molar-refractivity contribution in [2.75, 3.05) is 0 Å². The van der Waals surface area contributed by atoms with Crippen LogP contribution in [0.15, 0.2) is 22.2 Å². The van der Waals surface area contributed by atoms with E-state index >= 15 is 0 Å². The Hall–Kier alpha value is 0.690. The minimum atomic E-state index is -0.434. The predicted octanol–water partition coefficient (Wildman–Crippen LogP) is 5.15. The molecular weight excluding hydrogens is 391 g/mol. The molecule has 0 aromatic carbocycles. The van der Waals surface area contributed by atoms with Crippen molar-refractivity contribution in [3.05, 3.63) is 22.2 Å². The van der Waals surface area contributed by atoms with Crippen molar-refractivity contribution in [3.63, 3.8) is 0 Å². The van der Waals surface area contributed by atoms with Crippen LogP contribution in [-0.2, 0) is 0 Å². The summed E-state index contributed by atoms with van der Waals surface area (Å²) in [5, 5.41) is 10.9. The van der Waals surface area contributed by atoms with Gasteiger partial charge in [-0.1, -0.05) is 63.4 Å². The van der Waals surface area contributed by atoms with Gasteiger partial charge in [-0.15, -0.1) is 11.6 Å². The molecule has 0 aliphatic heterocycles. The van der Waals surface area contributed by atoms with Gasteiger partial charge in [-0.25, -0.2) is 0 Å². The second kappa shape index (κ2) is 4.86. The van der Waals surface area contributed by atoms with Crippen LogP contribution in [0, 0.1) is 10.8 Å². The van der Waals surface area contributed by atoms with Gasteiger partial charge in [0.15, 0.2) is 0 Å². The fourth-order valence-electron chi connectivity index (χ4n) is 3.67. The van der Waals surface area contributed by atoms with Crippen LogP contribution in [0.1, 0.15) is 40.5 Å². The zero-order valence-corrected chi connectivity index (χ0v) is 15.7. The van der Waals surface area contributed by atoms with E-state index in [4.69, 9.17) is 11.6 Å². The Morgan fingerprint density at radius 2 is 1.84 bits per heavy atom. The van der Waals surface area contributed by atoms with E-state index in [0.717, 1.165) is 10.9 Å². The largest absolute Gasteiger partial charge is 0.392 e. The van der Waals surface area contributed by atoms with E-state index in [1.54, 1.807) is 0 Å². The van der Waals surface area contributed by atoms with Gasteiger partial charge < -0.3 is 5.11 Å². The van der Waals surface area contributed by atoms with Crippen LogP contribution in [-0.4, -0.2) is 20.9 Å². The van der Waals surface area contributed by atoms with Crippen LogP contribution in [0.3, 0.4) is 0 Å². The van der Waals surface area contributed by atoms with E-state index < -0.39 is 11.0 Å². The van der Waals surface area contributed by atoms with Gasteiger partial charge in [0.2, 0.25) is 0 Å². The van der Waals surface area contributed by atoms with Gasteiger partial charge in [-0.05, 0) is 26.7 Å². The molecular formula is C15H21Br2ClO. The quantitative estimate of drug-likeness (QED) is 0.545. The minimum absolute atomic E-state index is 0.134. The zero-order chi connectivity index (χ0) is 14.6. The highest BCUT2D eigenvalue weighted by Crippen LogP contribution is 2.63. The third-order valence-corrected chi connectivity index (χ3v) is 8.48. The smallest absolute Gasteiger partial charge is 0.0659 e. The molecule has 0 heterocycles. The highest BCUT2D eigenvalue weighted by Gasteiger charge is 2.59. The number of allylic oxidation sites excluding steroid dienone is 3. The van der Waals surface area contributed by atoms with Crippen LogP contribution in [0.5, 0.6) is 0 Å². The van der Waals surface area contributed by atoms with E-state index in [-0.39, 0.29) is 15.7 Å². The number of hydrogen-bond acceptors (Lipinski definition) is 1. The molecule has 2 aliphatic carbocycles. The number of alkyl halides is 2. The number of aliphatic hydroxyl groups excluding tert-OH is 1. The Balaban J connectivity index is 2.53. The molecule has 3 unspecified atom stereocenters. The SMILES string of the molecule is CC1=CC=C(Br)C(C)(C)C12CC(Br)C(C)(Cl)C[C@H]2O. The van der Waals surface area contributed by atoms with Crippen molar-refractivity contribution < 1.29 is 5.11 Å². The van der Waals surface area contributed by atoms with Gasteiger partial charge in [0.05, 0.1) is 11.0 Å². The molecule has 1 fully saturated rings. The van der Waals surface area contributed by atoms with E-state index in [2.05, 4.69) is 64.8 Å². The van der Waals surface area contributed by atoms with Crippen LogP contribution in [0.25, 0.3) is 0 Å². The van der Waals surface area contributed by atoms with Crippen LogP contribution >= 0.6 is 43.5 Å². The monoisotopic (exact) mass is 410 g/mol. The minimum Gasteiger partial charge on any atom is -0.392 e. The Morgan fingerprint density at radius 3 is 2.42 bits per heavy atom. The van der Waals surface area contributed by atoms with Gasteiger partial charge in [0, 0.05) is 20.1 Å². The van der Waals surface area contributed by atoms with E-state index in [1.165, 1.54) is 5.57 Å². The van der Waals surface area contributed by atoms with Crippen molar-refractivity contribution in [1.29, 1.82) is 0 Å². The molecule has 0 aromatic heterocycles. The maximum Gasteiger partial charge on any atom is 0.0659 e. The number of rotatable bonds is 0. The Bertz CT molecular complexity index is 453. The van der Waals surface area contributed by atoms with Crippen LogP contribution < -0.4 is 0 Å². The third-order valence-electron chi connectivity index (χ3n) is 5.21. The molecule has 108 valence electrons. The molecule has 1 N–H and O–H groups in total. The molecule has 0 bridgehead atoms. The first-order chi connectivity index (χ1) is 8.55. The first kappa shape index (κ1) is 16.1. The zero-order valence-electron chi connectivity index (χ0n) is 11.8. The highest BCUT2D eigenvalue weighted by atomic mass is 79.9. The summed E-state index contributed by atoms with van der Waals surface area (Å²) >= 11 is 14.0. The lowest BCUT2D eigenvalue weighted by Crippen LogP contribution is -2.58. The molecule has 0 amide bonds. The first-order valence-electron chi connectivity index (χ1n) is 6.62. The molecule has 0 saturated heterocycles. The molecule has 2 aliphatic rings. The van der Waals surface area contributed by atoms with Crippen molar-refractivity contribution in [3.8, 4) is 0 Å². The van der Waals surface area contributed by atoms with Gasteiger partial charge in [-0.3, -0.25) is 0 Å². The van der Waals surface area contributed by atoms with Crippen LogP contribution in [0.4, 0.5) is 0 Å². The van der Waals surface area contributed by atoms with Crippen molar-refractivity contribution in [1.82, 2.24) is 0 Å². The van der Waals surface area contributed by atoms with E-state index in [1.807, 2.05) is 6.92 Å². The molecule has 0 aromatic rings. The standard InChI is InChI=1S/C15H21Br2ClO/c1-9-5-6-10(16)13(2,3)15(9)7-11(17)14(4,18)8-12(15)19/h5-6,11-12,19H,7-8H2,1-4H3/t11?,12-,14?,15?/m1/s1. The van der Waals surface area contributed by atoms with Crippen molar-refractivity contribution >= 4 is 43.5 Å². The summed E-state index contributed by atoms with van der Waals surface area (Å²) in [5.41, 5.74) is 0.846. The number of hydrogen-bond donors (Lipinski definition) is 1. The summed E-state index contributed by atoms with van der Waals surface area (Å²) in [6.45, 7) is 8.52. The normalized spacial score (nSPS) is 45.9. The maximum atomic E-state index is 10.9. The Labute approximate surface area is 137 Å². The average Bonchev–Trinajstić information content (AvgIpc) is 2.27. The molecule has 0 radical (unpaired) electrons. The summed E-state index contributed by atoms with van der Waals surface area (Å²) in [5.74, 6) is 0. The summed E-state index contributed by atoms with van der Waals surface area (Å²) in [6, 6.07) is 0. The number of halogens is 3. The third kappa shape index (κ3) is 2.20. The Kier molecular flexibility index (Phi) is 4.11. The van der Waals surface area contributed by atoms with Gasteiger partial charge in [0.25, 0.3) is 0 Å². The topological polar surface area (TPSA) is 20.2 Å². The molecule has 4 heteroatoms. The molecule has 4 atom stereocenters. The molecule has 1 spiro atoms.